The average molecular weight is 282 g/mol. The normalized spacial score (nSPS) is 14.0. The zero-order chi connectivity index (χ0) is 14.7. The molecule has 4 nitrogen and oxygen atoms in total. The van der Waals surface area contributed by atoms with Crippen molar-refractivity contribution in [3.8, 4) is 0 Å². The van der Waals surface area contributed by atoms with Gasteiger partial charge in [-0.2, -0.15) is 4.98 Å². The smallest absolute Gasteiger partial charge is 0.227 e. The average Bonchev–Trinajstić information content (AvgIpc) is 3.29. The lowest BCUT2D eigenvalue weighted by Gasteiger charge is -2.22. The number of benzene rings is 1. The highest BCUT2D eigenvalue weighted by atomic mass is 15.3. The molecule has 3 rings (SSSR count). The van der Waals surface area contributed by atoms with Gasteiger partial charge >= 0.3 is 0 Å². The Kier molecular flexibility index (Phi) is 4.04. The van der Waals surface area contributed by atoms with Gasteiger partial charge in [0.05, 0.1) is 0 Å². The first-order chi connectivity index (χ1) is 10.2. The first-order valence-corrected chi connectivity index (χ1v) is 7.65. The first kappa shape index (κ1) is 13.9. The minimum absolute atomic E-state index is 0.608. The Morgan fingerprint density at radius 1 is 1.19 bits per heavy atom. The standard InChI is InChI=1S/C17H22N4/c1-3-21(12-14-7-5-4-6-8-14)17-18-13(2)11-16(20-17)19-15-9-10-15/h4-8,11,15H,3,9-10,12H2,1-2H3,(H,18,19,20). The van der Waals surface area contributed by atoms with E-state index in [1.807, 2.05) is 19.1 Å². The third-order valence-electron chi connectivity index (χ3n) is 3.65. The molecule has 1 aliphatic carbocycles. The molecule has 1 aliphatic rings. The van der Waals surface area contributed by atoms with E-state index in [1.165, 1.54) is 18.4 Å². The van der Waals surface area contributed by atoms with Crippen molar-refractivity contribution >= 4 is 11.8 Å². The summed E-state index contributed by atoms with van der Waals surface area (Å²) < 4.78 is 0. The second kappa shape index (κ2) is 6.12. The summed E-state index contributed by atoms with van der Waals surface area (Å²) in [5, 5.41) is 3.46. The first-order valence-electron chi connectivity index (χ1n) is 7.65. The van der Waals surface area contributed by atoms with Gasteiger partial charge in [0.2, 0.25) is 5.95 Å². The van der Waals surface area contributed by atoms with Crippen LogP contribution in [0.15, 0.2) is 36.4 Å². The molecule has 0 bridgehead atoms. The van der Waals surface area contributed by atoms with Crippen molar-refractivity contribution in [2.75, 3.05) is 16.8 Å². The molecule has 21 heavy (non-hydrogen) atoms. The SMILES string of the molecule is CCN(Cc1ccccc1)c1nc(C)cc(NC2CC2)n1. The maximum absolute atomic E-state index is 4.68. The van der Waals surface area contributed by atoms with Crippen molar-refractivity contribution in [3.05, 3.63) is 47.7 Å². The van der Waals surface area contributed by atoms with Gasteiger partial charge in [-0.05, 0) is 32.3 Å². The van der Waals surface area contributed by atoms with E-state index in [-0.39, 0.29) is 0 Å². The Morgan fingerprint density at radius 2 is 1.95 bits per heavy atom. The number of hydrogen-bond donors (Lipinski definition) is 1. The van der Waals surface area contributed by atoms with E-state index in [2.05, 4.69) is 51.4 Å². The van der Waals surface area contributed by atoms with Crippen molar-refractivity contribution in [1.82, 2.24) is 9.97 Å². The molecule has 0 spiro atoms. The van der Waals surface area contributed by atoms with Crippen LogP contribution in [0.25, 0.3) is 0 Å². The topological polar surface area (TPSA) is 41.1 Å². The number of hydrogen-bond acceptors (Lipinski definition) is 4. The molecular formula is C17H22N4. The van der Waals surface area contributed by atoms with Crippen molar-refractivity contribution in [2.45, 2.75) is 39.3 Å². The summed E-state index contributed by atoms with van der Waals surface area (Å²) in [7, 11) is 0. The Hall–Kier alpha value is -2.10. The summed E-state index contributed by atoms with van der Waals surface area (Å²) >= 11 is 0. The molecule has 4 heteroatoms. The molecule has 1 fully saturated rings. The third-order valence-corrected chi connectivity index (χ3v) is 3.65. The maximum Gasteiger partial charge on any atom is 0.227 e. The van der Waals surface area contributed by atoms with Crippen LogP contribution in [0.5, 0.6) is 0 Å². The molecule has 0 saturated heterocycles. The van der Waals surface area contributed by atoms with Gasteiger partial charge in [0.1, 0.15) is 5.82 Å². The summed E-state index contributed by atoms with van der Waals surface area (Å²) in [6.45, 7) is 5.90. The third kappa shape index (κ3) is 3.72. The fourth-order valence-corrected chi connectivity index (χ4v) is 2.33. The predicted octanol–water partition coefficient (Wildman–Crippen LogP) is 3.39. The summed E-state index contributed by atoms with van der Waals surface area (Å²) in [4.78, 5) is 11.5. The zero-order valence-electron chi connectivity index (χ0n) is 12.7. The van der Waals surface area contributed by atoms with Crippen LogP contribution >= 0.6 is 0 Å². The molecule has 110 valence electrons. The predicted molar refractivity (Wildman–Crippen MR) is 86.6 cm³/mol. The molecule has 1 N–H and O–H groups in total. The van der Waals surface area contributed by atoms with E-state index in [1.54, 1.807) is 0 Å². The number of anilines is 2. The van der Waals surface area contributed by atoms with Crippen LogP contribution in [0.2, 0.25) is 0 Å². The Morgan fingerprint density at radius 3 is 2.62 bits per heavy atom. The largest absolute Gasteiger partial charge is 0.367 e. The monoisotopic (exact) mass is 282 g/mol. The van der Waals surface area contributed by atoms with Gasteiger partial charge in [0.15, 0.2) is 0 Å². The lowest BCUT2D eigenvalue weighted by molar-refractivity contribution is 0.787. The summed E-state index contributed by atoms with van der Waals surface area (Å²) in [6.07, 6.45) is 2.50. The van der Waals surface area contributed by atoms with Gasteiger partial charge in [-0.3, -0.25) is 0 Å². The number of nitrogens with one attached hydrogen (secondary N) is 1. The van der Waals surface area contributed by atoms with E-state index < -0.39 is 0 Å². The molecular weight excluding hydrogens is 260 g/mol. The molecule has 1 aromatic carbocycles. The summed E-state index contributed by atoms with van der Waals surface area (Å²) in [6, 6.07) is 13.1. The number of aryl methyl sites for hydroxylation is 1. The van der Waals surface area contributed by atoms with Crippen molar-refractivity contribution in [3.63, 3.8) is 0 Å². The van der Waals surface area contributed by atoms with Crippen molar-refractivity contribution in [2.24, 2.45) is 0 Å². The second-order valence-electron chi connectivity index (χ2n) is 5.61. The molecule has 0 aliphatic heterocycles. The van der Waals surface area contributed by atoms with E-state index in [0.29, 0.717) is 6.04 Å². The van der Waals surface area contributed by atoms with Crippen LogP contribution in [0, 0.1) is 6.92 Å². The number of rotatable bonds is 6. The molecule has 1 aromatic heterocycles. The molecule has 1 saturated carbocycles. The highest BCUT2D eigenvalue weighted by Crippen LogP contribution is 2.25. The Balaban J connectivity index is 1.80. The molecule has 1 heterocycles. The van der Waals surface area contributed by atoms with Gasteiger partial charge in [-0.25, -0.2) is 4.98 Å². The Bertz CT molecular complexity index is 593. The van der Waals surface area contributed by atoms with Gasteiger partial charge in [0, 0.05) is 30.9 Å². The van der Waals surface area contributed by atoms with Gasteiger partial charge < -0.3 is 10.2 Å². The van der Waals surface area contributed by atoms with Crippen LogP contribution in [-0.4, -0.2) is 22.6 Å². The van der Waals surface area contributed by atoms with Gasteiger partial charge in [-0.1, -0.05) is 30.3 Å². The van der Waals surface area contributed by atoms with E-state index >= 15 is 0 Å². The summed E-state index contributed by atoms with van der Waals surface area (Å²) in [5.74, 6) is 1.76. The van der Waals surface area contributed by atoms with E-state index in [0.717, 1.165) is 30.5 Å². The van der Waals surface area contributed by atoms with Crippen molar-refractivity contribution < 1.29 is 0 Å². The quantitative estimate of drug-likeness (QED) is 0.882. The highest BCUT2D eigenvalue weighted by molar-refractivity contribution is 5.45. The maximum atomic E-state index is 4.68. The zero-order valence-corrected chi connectivity index (χ0v) is 12.7. The lowest BCUT2D eigenvalue weighted by Crippen LogP contribution is -2.25. The Labute approximate surface area is 126 Å². The van der Waals surface area contributed by atoms with Crippen LogP contribution in [0.1, 0.15) is 31.0 Å². The molecule has 2 aromatic rings. The number of aromatic nitrogens is 2. The summed E-state index contributed by atoms with van der Waals surface area (Å²) in [5.41, 5.74) is 2.29. The fraction of sp³-hybridized carbons (Fsp3) is 0.412. The van der Waals surface area contributed by atoms with Gasteiger partial charge in [0.25, 0.3) is 0 Å². The van der Waals surface area contributed by atoms with Crippen LogP contribution in [0.4, 0.5) is 11.8 Å². The second-order valence-corrected chi connectivity index (χ2v) is 5.61. The van der Waals surface area contributed by atoms with E-state index in [4.69, 9.17) is 0 Å². The van der Waals surface area contributed by atoms with Crippen LogP contribution in [0.3, 0.4) is 0 Å². The molecule has 0 radical (unpaired) electrons. The highest BCUT2D eigenvalue weighted by Gasteiger charge is 2.22. The molecule has 0 amide bonds. The van der Waals surface area contributed by atoms with Gasteiger partial charge in [-0.15, -0.1) is 0 Å². The van der Waals surface area contributed by atoms with Crippen LogP contribution in [-0.2, 0) is 6.54 Å². The molecule has 0 atom stereocenters. The fourth-order valence-electron chi connectivity index (χ4n) is 2.33. The van der Waals surface area contributed by atoms with Crippen molar-refractivity contribution in [1.29, 1.82) is 0 Å². The molecule has 0 unspecified atom stereocenters. The van der Waals surface area contributed by atoms with E-state index in [9.17, 15) is 0 Å². The number of nitrogens with zero attached hydrogens (tertiary/aromatic N) is 3. The van der Waals surface area contributed by atoms with Crippen LogP contribution < -0.4 is 10.2 Å². The minimum Gasteiger partial charge on any atom is -0.367 e. The lowest BCUT2D eigenvalue weighted by atomic mass is 10.2. The minimum atomic E-state index is 0.608.